The minimum Gasteiger partial charge on any atom is -0.497 e. The third-order valence-corrected chi connectivity index (χ3v) is 6.33. The molecule has 4 atom stereocenters. The molecule has 0 saturated heterocycles. The molecule has 4 heteroatoms. The zero-order valence-corrected chi connectivity index (χ0v) is 12.7. The van der Waals surface area contributed by atoms with Gasteiger partial charge in [0.05, 0.1) is 12.4 Å². The van der Waals surface area contributed by atoms with Crippen molar-refractivity contribution in [3.8, 4) is 5.75 Å². The molecule has 106 valence electrons. The number of aryl methyl sites for hydroxylation is 1. The van der Waals surface area contributed by atoms with Gasteiger partial charge in [0.15, 0.2) is 0 Å². The maximum Gasteiger partial charge on any atom is 0.119 e. The molecule has 0 saturated carbocycles. The number of fused-ring (bicyclic) bond motifs is 1. The Labute approximate surface area is 118 Å². The fourth-order valence-corrected chi connectivity index (χ4v) is 4.36. The van der Waals surface area contributed by atoms with Crippen LogP contribution in [-0.2, 0) is 17.2 Å². The summed E-state index contributed by atoms with van der Waals surface area (Å²) in [6, 6.07) is 5.90. The molecule has 0 amide bonds. The van der Waals surface area contributed by atoms with Crippen molar-refractivity contribution in [3.63, 3.8) is 0 Å². The molecule has 1 aromatic rings. The van der Waals surface area contributed by atoms with Crippen LogP contribution < -0.4 is 10.5 Å². The quantitative estimate of drug-likeness (QED) is 0.923. The summed E-state index contributed by atoms with van der Waals surface area (Å²) in [4.78, 5) is 0. The molecule has 2 rings (SSSR count). The van der Waals surface area contributed by atoms with E-state index in [4.69, 9.17) is 10.5 Å². The second-order valence-corrected chi connectivity index (χ2v) is 7.28. The van der Waals surface area contributed by atoms with Crippen LogP contribution in [0.1, 0.15) is 43.9 Å². The summed E-state index contributed by atoms with van der Waals surface area (Å²) in [6.45, 7) is 4.13. The van der Waals surface area contributed by atoms with Crippen LogP contribution in [0.5, 0.6) is 5.75 Å². The lowest BCUT2D eigenvalue weighted by Gasteiger charge is -2.32. The predicted molar refractivity (Wildman–Crippen MR) is 79.9 cm³/mol. The number of nitrogens with two attached hydrogens (primary N) is 1. The normalized spacial score (nSPS) is 25.5. The molecule has 2 N–H and O–H groups in total. The van der Waals surface area contributed by atoms with Crippen molar-refractivity contribution < 1.29 is 8.95 Å². The molecular formula is C15H23NO2S. The van der Waals surface area contributed by atoms with Crippen molar-refractivity contribution >= 4 is 10.8 Å². The van der Waals surface area contributed by atoms with Gasteiger partial charge in [0.1, 0.15) is 5.75 Å². The van der Waals surface area contributed by atoms with E-state index in [1.165, 1.54) is 5.56 Å². The fourth-order valence-electron chi connectivity index (χ4n) is 2.65. The zero-order chi connectivity index (χ0) is 14.0. The Kier molecular flexibility index (Phi) is 4.63. The van der Waals surface area contributed by atoms with Crippen LogP contribution in [0.15, 0.2) is 18.2 Å². The molecule has 3 nitrogen and oxygen atoms in total. The molecule has 0 bridgehead atoms. The Morgan fingerprint density at radius 1 is 1.53 bits per heavy atom. The lowest BCUT2D eigenvalue weighted by atomic mass is 9.87. The van der Waals surface area contributed by atoms with Gasteiger partial charge in [-0.3, -0.25) is 4.21 Å². The molecule has 0 aromatic heterocycles. The van der Waals surface area contributed by atoms with Crippen LogP contribution in [0.4, 0.5) is 0 Å². The summed E-state index contributed by atoms with van der Waals surface area (Å²) < 4.78 is 17.7. The third kappa shape index (κ3) is 2.84. The van der Waals surface area contributed by atoms with Crippen LogP contribution in [0.25, 0.3) is 0 Å². The predicted octanol–water partition coefficient (Wildman–Crippen LogP) is 2.56. The Hall–Kier alpha value is -0.870. The average Bonchev–Trinajstić information content (AvgIpc) is 2.45. The van der Waals surface area contributed by atoms with E-state index >= 15 is 0 Å². The minimum atomic E-state index is -0.852. The van der Waals surface area contributed by atoms with E-state index in [-0.39, 0.29) is 16.5 Å². The Morgan fingerprint density at radius 3 is 2.89 bits per heavy atom. The molecule has 1 aromatic carbocycles. The first-order valence-electron chi connectivity index (χ1n) is 6.90. The van der Waals surface area contributed by atoms with E-state index in [2.05, 4.69) is 13.0 Å². The molecule has 0 fully saturated rings. The number of hydrogen-bond acceptors (Lipinski definition) is 3. The van der Waals surface area contributed by atoms with Crippen molar-refractivity contribution in [1.29, 1.82) is 0 Å². The molecule has 1 aliphatic carbocycles. The van der Waals surface area contributed by atoms with Crippen LogP contribution in [0.3, 0.4) is 0 Å². The second-order valence-electron chi connectivity index (χ2n) is 5.22. The number of benzene rings is 1. The highest BCUT2D eigenvalue weighted by Crippen LogP contribution is 2.34. The van der Waals surface area contributed by atoms with E-state index < -0.39 is 10.8 Å². The first kappa shape index (κ1) is 14.5. The summed E-state index contributed by atoms with van der Waals surface area (Å²) in [6.07, 6.45) is 2.77. The highest BCUT2D eigenvalue weighted by molar-refractivity contribution is 7.86. The van der Waals surface area contributed by atoms with Gasteiger partial charge in [-0.05, 0) is 42.5 Å². The van der Waals surface area contributed by atoms with Crippen molar-refractivity contribution in [2.45, 2.75) is 49.7 Å². The maximum atomic E-state index is 12.5. The van der Waals surface area contributed by atoms with Gasteiger partial charge in [-0.15, -0.1) is 0 Å². The number of methoxy groups -OCH3 is 1. The van der Waals surface area contributed by atoms with Gasteiger partial charge in [-0.2, -0.15) is 0 Å². The lowest BCUT2D eigenvalue weighted by Crippen LogP contribution is -2.37. The van der Waals surface area contributed by atoms with Gasteiger partial charge in [0, 0.05) is 22.1 Å². The first-order valence-corrected chi connectivity index (χ1v) is 8.17. The summed E-state index contributed by atoms with van der Waals surface area (Å²) >= 11 is 0. The third-order valence-electron chi connectivity index (χ3n) is 4.08. The van der Waals surface area contributed by atoms with Crippen LogP contribution in [0.2, 0.25) is 0 Å². The SMILES string of the molecule is CCC(C)S(=O)C1CCc2cc(OC)ccc2C1N. The summed E-state index contributed by atoms with van der Waals surface area (Å²) in [5.74, 6) is 0.868. The van der Waals surface area contributed by atoms with Crippen molar-refractivity contribution in [2.75, 3.05) is 7.11 Å². The standard InChI is InChI=1S/C15H23NO2S/c1-4-10(2)19(17)14-8-5-11-9-12(18-3)6-7-13(11)15(14)16/h6-7,9-10,14-15H,4-5,8,16H2,1-3H3. The highest BCUT2D eigenvalue weighted by Gasteiger charge is 2.32. The monoisotopic (exact) mass is 281 g/mol. The van der Waals surface area contributed by atoms with Crippen LogP contribution >= 0.6 is 0 Å². The number of hydrogen-bond donors (Lipinski definition) is 1. The van der Waals surface area contributed by atoms with E-state index in [0.29, 0.717) is 0 Å². The smallest absolute Gasteiger partial charge is 0.119 e. The fraction of sp³-hybridized carbons (Fsp3) is 0.600. The minimum absolute atomic E-state index is 0.0795. The molecule has 0 radical (unpaired) electrons. The molecule has 0 spiro atoms. The largest absolute Gasteiger partial charge is 0.497 e. The first-order chi connectivity index (χ1) is 9.08. The molecule has 19 heavy (non-hydrogen) atoms. The van der Waals surface area contributed by atoms with Gasteiger partial charge >= 0.3 is 0 Å². The molecule has 0 heterocycles. The van der Waals surface area contributed by atoms with Gasteiger partial charge < -0.3 is 10.5 Å². The number of ether oxygens (including phenoxy) is 1. The van der Waals surface area contributed by atoms with E-state index in [0.717, 1.165) is 30.6 Å². The van der Waals surface area contributed by atoms with Gasteiger partial charge in [-0.25, -0.2) is 0 Å². The van der Waals surface area contributed by atoms with Crippen LogP contribution in [-0.4, -0.2) is 21.8 Å². The zero-order valence-electron chi connectivity index (χ0n) is 11.9. The van der Waals surface area contributed by atoms with Gasteiger partial charge in [-0.1, -0.05) is 19.9 Å². The molecule has 4 unspecified atom stereocenters. The average molecular weight is 281 g/mol. The Bertz CT molecular complexity index is 475. The van der Waals surface area contributed by atoms with E-state index in [1.54, 1.807) is 7.11 Å². The Morgan fingerprint density at radius 2 is 2.26 bits per heavy atom. The summed E-state index contributed by atoms with van der Waals surface area (Å²) in [5, 5.41) is 0.298. The van der Waals surface area contributed by atoms with Gasteiger partial charge in [0.25, 0.3) is 0 Å². The second kappa shape index (κ2) is 6.06. The van der Waals surface area contributed by atoms with Crippen molar-refractivity contribution in [1.82, 2.24) is 0 Å². The maximum absolute atomic E-state index is 12.5. The van der Waals surface area contributed by atoms with Crippen molar-refractivity contribution in [3.05, 3.63) is 29.3 Å². The van der Waals surface area contributed by atoms with E-state index in [9.17, 15) is 4.21 Å². The summed E-state index contributed by atoms with van der Waals surface area (Å²) in [5.41, 5.74) is 8.71. The highest BCUT2D eigenvalue weighted by atomic mass is 32.2. The molecular weight excluding hydrogens is 258 g/mol. The number of rotatable bonds is 4. The van der Waals surface area contributed by atoms with Crippen molar-refractivity contribution in [2.24, 2.45) is 5.73 Å². The van der Waals surface area contributed by atoms with Crippen LogP contribution in [0, 0.1) is 0 Å². The lowest BCUT2D eigenvalue weighted by molar-refractivity contribution is 0.413. The molecule has 1 aliphatic rings. The van der Waals surface area contributed by atoms with E-state index in [1.807, 2.05) is 19.1 Å². The van der Waals surface area contributed by atoms with Gasteiger partial charge in [0.2, 0.25) is 0 Å². The topological polar surface area (TPSA) is 52.3 Å². The molecule has 0 aliphatic heterocycles. The summed E-state index contributed by atoms with van der Waals surface area (Å²) in [7, 11) is 0.820. The Balaban J connectivity index is 2.24.